The smallest absolute Gasteiger partial charge is 0.304 e. The molecule has 0 aliphatic carbocycles. The predicted molar refractivity (Wildman–Crippen MR) is 62.4 cm³/mol. The van der Waals surface area contributed by atoms with Crippen molar-refractivity contribution < 1.29 is 23.4 Å². The molecule has 17 heavy (non-hydrogen) atoms. The summed E-state index contributed by atoms with van der Waals surface area (Å²) < 4.78 is 23.6. The van der Waals surface area contributed by atoms with Gasteiger partial charge in [0.25, 0.3) is 0 Å². The fourth-order valence-electron chi connectivity index (χ4n) is 1.34. The number of hydrogen-bond acceptors (Lipinski definition) is 4. The molecule has 0 saturated carbocycles. The van der Waals surface area contributed by atoms with Gasteiger partial charge in [0.1, 0.15) is 5.75 Å². The lowest BCUT2D eigenvalue weighted by molar-refractivity contribution is -0.136. The number of rotatable bonds is 5. The molecule has 1 unspecified atom stereocenters. The summed E-state index contributed by atoms with van der Waals surface area (Å²) in [6.07, 6.45) is -0.402. The van der Waals surface area contributed by atoms with E-state index in [0.29, 0.717) is 5.56 Å². The Kier molecular flexibility index (Phi) is 4.11. The van der Waals surface area contributed by atoms with E-state index < -0.39 is 27.5 Å². The average molecular weight is 258 g/mol. The summed E-state index contributed by atoms with van der Waals surface area (Å²) in [5.74, 6) is -1.29. The van der Waals surface area contributed by atoms with Gasteiger partial charge in [-0.25, -0.2) is 8.42 Å². The zero-order chi connectivity index (χ0) is 13.1. The number of phenolic OH excluding ortho intramolecular Hbond substituents is 1. The quantitative estimate of drug-likeness (QED) is 0.827. The minimum absolute atomic E-state index is 0.0599. The van der Waals surface area contributed by atoms with Crippen molar-refractivity contribution >= 4 is 15.8 Å². The molecule has 0 amide bonds. The number of hydrogen-bond donors (Lipinski definition) is 2. The minimum atomic E-state index is -3.48. The second kappa shape index (κ2) is 5.18. The second-order valence-electron chi connectivity index (χ2n) is 3.88. The Hall–Kier alpha value is -1.56. The molecule has 0 aliphatic rings. The number of benzene rings is 1. The first-order valence-corrected chi connectivity index (χ1v) is 6.74. The lowest BCUT2D eigenvalue weighted by Crippen LogP contribution is -2.22. The first-order valence-electron chi connectivity index (χ1n) is 5.02. The van der Waals surface area contributed by atoms with Gasteiger partial charge in [-0.3, -0.25) is 4.79 Å². The Balaban J connectivity index is 2.79. The van der Waals surface area contributed by atoms with Crippen molar-refractivity contribution in [1.82, 2.24) is 0 Å². The Labute approximate surface area is 99.6 Å². The Morgan fingerprint density at radius 3 is 2.29 bits per heavy atom. The fourth-order valence-corrected chi connectivity index (χ4v) is 2.68. The van der Waals surface area contributed by atoms with Crippen LogP contribution in [0.4, 0.5) is 0 Å². The van der Waals surface area contributed by atoms with E-state index in [1.54, 1.807) is 0 Å². The van der Waals surface area contributed by atoms with Crippen LogP contribution in [-0.2, 0) is 20.4 Å². The SMILES string of the molecule is CC(CC(=O)O)S(=O)(=O)Cc1ccc(O)cc1. The lowest BCUT2D eigenvalue weighted by Gasteiger charge is -2.10. The van der Waals surface area contributed by atoms with Crippen LogP contribution in [0.2, 0.25) is 0 Å². The van der Waals surface area contributed by atoms with Gasteiger partial charge < -0.3 is 10.2 Å². The van der Waals surface area contributed by atoms with Crippen molar-refractivity contribution in [2.24, 2.45) is 0 Å². The van der Waals surface area contributed by atoms with Crippen LogP contribution < -0.4 is 0 Å². The van der Waals surface area contributed by atoms with E-state index in [2.05, 4.69) is 0 Å². The summed E-state index contributed by atoms with van der Waals surface area (Å²) in [5, 5.41) is 16.7. The molecule has 0 bridgehead atoms. The van der Waals surface area contributed by atoms with Gasteiger partial charge in [-0.15, -0.1) is 0 Å². The van der Waals surface area contributed by atoms with Crippen molar-refractivity contribution in [3.05, 3.63) is 29.8 Å². The molecule has 0 spiro atoms. The van der Waals surface area contributed by atoms with Gasteiger partial charge in [0.05, 0.1) is 17.4 Å². The highest BCUT2D eigenvalue weighted by atomic mass is 32.2. The molecule has 1 rings (SSSR count). The number of aliphatic carboxylic acids is 1. The van der Waals surface area contributed by atoms with Gasteiger partial charge in [-0.1, -0.05) is 12.1 Å². The lowest BCUT2D eigenvalue weighted by atomic mass is 10.2. The third kappa shape index (κ3) is 4.07. The van der Waals surface area contributed by atoms with Gasteiger partial charge in [-0.2, -0.15) is 0 Å². The summed E-state index contributed by atoms with van der Waals surface area (Å²) in [6, 6.07) is 5.79. The topological polar surface area (TPSA) is 91.7 Å². The number of aromatic hydroxyl groups is 1. The molecule has 6 heteroatoms. The van der Waals surface area contributed by atoms with E-state index in [9.17, 15) is 13.2 Å². The number of phenols is 1. The maximum absolute atomic E-state index is 11.8. The zero-order valence-corrected chi connectivity index (χ0v) is 10.1. The first-order chi connectivity index (χ1) is 7.81. The molecular weight excluding hydrogens is 244 g/mol. The average Bonchev–Trinajstić information content (AvgIpc) is 2.20. The van der Waals surface area contributed by atoms with Crippen LogP contribution in [-0.4, -0.2) is 29.9 Å². The molecule has 0 aliphatic heterocycles. The molecule has 0 saturated heterocycles. The zero-order valence-electron chi connectivity index (χ0n) is 9.33. The summed E-state index contributed by atoms with van der Waals surface area (Å²) in [5.41, 5.74) is 0.528. The van der Waals surface area contributed by atoms with Crippen LogP contribution in [0.15, 0.2) is 24.3 Å². The third-order valence-corrected chi connectivity index (χ3v) is 4.51. The number of carboxylic acid groups (broad SMARTS) is 1. The summed E-state index contributed by atoms with van der Waals surface area (Å²) >= 11 is 0. The number of carbonyl (C=O) groups is 1. The van der Waals surface area contributed by atoms with E-state index in [1.165, 1.54) is 31.2 Å². The van der Waals surface area contributed by atoms with Crippen LogP contribution in [0, 0.1) is 0 Å². The molecule has 1 aromatic carbocycles. The van der Waals surface area contributed by atoms with Crippen molar-refractivity contribution in [2.75, 3.05) is 0 Å². The molecule has 94 valence electrons. The number of carboxylic acids is 1. The van der Waals surface area contributed by atoms with Gasteiger partial charge in [-0.05, 0) is 24.6 Å². The number of sulfone groups is 1. The molecule has 0 radical (unpaired) electrons. The van der Waals surface area contributed by atoms with Gasteiger partial charge in [0.2, 0.25) is 0 Å². The summed E-state index contributed by atoms with van der Waals surface area (Å²) in [6.45, 7) is 1.38. The standard InChI is InChI=1S/C11H14O5S/c1-8(6-11(13)14)17(15,16)7-9-2-4-10(12)5-3-9/h2-5,8,12H,6-7H2,1H3,(H,13,14). The molecule has 2 N–H and O–H groups in total. The van der Waals surface area contributed by atoms with E-state index in [-0.39, 0.29) is 11.5 Å². The summed E-state index contributed by atoms with van der Waals surface area (Å²) in [7, 11) is -3.48. The van der Waals surface area contributed by atoms with Gasteiger partial charge in [0, 0.05) is 0 Å². The predicted octanol–water partition coefficient (Wildman–Crippen LogP) is 1.17. The first kappa shape index (κ1) is 13.5. The van der Waals surface area contributed by atoms with E-state index >= 15 is 0 Å². The van der Waals surface area contributed by atoms with Crippen molar-refractivity contribution in [1.29, 1.82) is 0 Å². The monoisotopic (exact) mass is 258 g/mol. The highest BCUT2D eigenvalue weighted by Gasteiger charge is 2.23. The molecule has 0 fully saturated rings. The molecule has 1 atom stereocenters. The van der Waals surface area contributed by atoms with E-state index in [0.717, 1.165) is 0 Å². The van der Waals surface area contributed by atoms with Crippen molar-refractivity contribution in [3.8, 4) is 5.75 Å². The Morgan fingerprint density at radius 2 is 1.82 bits per heavy atom. The maximum Gasteiger partial charge on any atom is 0.304 e. The molecule has 5 nitrogen and oxygen atoms in total. The fraction of sp³-hybridized carbons (Fsp3) is 0.364. The van der Waals surface area contributed by atoms with Crippen molar-refractivity contribution in [2.45, 2.75) is 24.3 Å². The highest BCUT2D eigenvalue weighted by Crippen LogP contribution is 2.16. The van der Waals surface area contributed by atoms with Gasteiger partial charge >= 0.3 is 5.97 Å². The van der Waals surface area contributed by atoms with Crippen molar-refractivity contribution in [3.63, 3.8) is 0 Å². The van der Waals surface area contributed by atoms with Crippen LogP contribution >= 0.6 is 0 Å². The molecule has 1 aromatic rings. The molecule has 0 heterocycles. The third-order valence-electron chi connectivity index (χ3n) is 2.38. The van der Waals surface area contributed by atoms with E-state index in [1.807, 2.05) is 0 Å². The minimum Gasteiger partial charge on any atom is -0.508 e. The highest BCUT2D eigenvalue weighted by molar-refractivity contribution is 7.91. The Morgan fingerprint density at radius 1 is 1.29 bits per heavy atom. The van der Waals surface area contributed by atoms with Crippen LogP contribution in [0.5, 0.6) is 5.75 Å². The Bertz CT molecular complexity index is 489. The van der Waals surface area contributed by atoms with Crippen LogP contribution in [0.25, 0.3) is 0 Å². The summed E-state index contributed by atoms with van der Waals surface area (Å²) in [4.78, 5) is 10.5. The second-order valence-corrected chi connectivity index (χ2v) is 6.30. The van der Waals surface area contributed by atoms with E-state index in [4.69, 9.17) is 10.2 Å². The molecular formula is C11H14O5S. The normalized spacial score (nSPS) is 13.2. The molecule has 0 aromatic heterocycles. The van der Waals surface area contributed by atoms with Crippen LogP contribution in [0.3, 0.4) is 0 Å². The van der Waals surface area contributed by atoms with Gasteiger partial charge in [0.15, 0.2) is 9.84 Å². The van der Waals surface area contributed by atoms with Crippen LogP contribution in [0.1, 0.15) is 18.9 Å². The maximum atomic E-state index is 11.8. The largest absolute Gasteiger partial charge is 0.508 e.